The zero-order valence-corrected chi connectivity index (χ0v) is 13.8. The highest BCUT2D eigenvalue weighted by Crippen LogP contribution is 2.35. The summed E-state index contributed by atoms with van der Waals surface area (Å²) >= 11 is 6.45. The maximum Gasteiger partial charge on any atom is 0.0517 e. The van der Waals surface area contributed by atoms with Crippen molar-refractivity contribution < 1.29 is 0 Å². The Hall–Kier alpha value is -0.830. The molecule has 0 aliphatic carbocycles. The maximum atomic E-state index is 4.60. The maximum absolute atomic E-state index is 4.60. The molecular formula is C17H17ClS2. The smallest absolute Gasteiger partial charge is 0.0517 e. The number of thioether (sulfide) groups is 1. The molecule has 0 heterocycles. The molecule has 0 aliphatic rings. The van der Waals surface area contributed by atoms with E-state index in [-0.39, 0.29) is 12.4 Å². The summed E-state index contributed by atoms with van der Waals surface area (Å²) in [5.41, 5.74) is 0. The van der Waals surface area contributed by atoms with Crippen molar-refractivity contribution in [3.8, 4) is 0 Å². The first-order valence-electron chi connectivity index (χ1n) is 6.54. The average molecular weight is 321 g/mol. The van der Waals surface area contributed by atoms with Gasteiger partial charge in [0, 0.05) is 4.90 Å². The highest BCUT2D eigenvalue weighted by atomic mass is 35.5. The van der Waals surface area contributed by atoms with Crippen molar-refractivity contribution in [3.63, 3.8) is 0 Å². The van der Waals surface area contributed by atoms with E-state index in [1.807, 2.05) is 11.8 Å². The Morgan fingerprint density at radius 2 is 1.60 bits per heavy atom. The molecule has 1 atom stereocenters. The van der Waals surface area contributed by atoms with Crippen LogP contribution in [0.1, 0.15) is 13.3 Å². The van der Waals surface area contributed by atoms with Crippen molar-refractivity contribution in [1.29, 1.82) is 0 Å². The molecule has 3 aromatic rings. The van der Waals surface area contributed by atoms with Crippen molar-refractivity contribution in [1.82, 2.24) is 0 Å². The SMILES string of the molecule is CCC(S)Sc1cccc2cc3ccccc3cc12.Cl. The van der Waals surface area contributed by atoms with Crippen LogP contribution in [0.25, 0.3) is 21.5 Å². The molecule has 1 unspecified atom stereocenters. The van der Waals surface area contributed by atoms with Crippen LogP contribution in [0.3, 0.4) is 0 Å². The van der Waals surface area contributed by atoms with Crippen LogP contribution in [0, 0.1) is 0 Å². The van der Waals surface area contributed by atoms with E-state index in [4.69, 9.17) is 0 Å². The molecular weight excluding hydrogens is 304 g/mol. The van der Waals surface area contributed by atoms with Crippen LogP contribution in [0.2, 0.25) is 0 Å². The molecule has 104 valence electrons. The fourth-order valence-corrected chi connectivity index (χ4v) is 3.53. The van der Waals surface area contributed by atoms with Gasteiger partial charge in [0.1, 0.15) is 0 Å². The van der Waals surface area contributed by atoms with Crippen LogP contribution in [0.4, 0.5) is 0 Å². The lowest BCUT2D eigenvalue weighted by atomic mass is 10.0. The molecule has 0 aromatic heterocycles. The summed E-state index contributed by atoms with van der Waals surface area (Å²) in [6.45, 7) is 2.17. The Morgan fingerprint density at radius 1 is 0.950 bits per heavy atom. The molecule has 3 aromatic carbocycles. The zero-order valence-electron chi connectivity index (χ0n) is 11.2. The average Bonchev–Trinajstić information content (AvgIpc) is 2.45. The number of thiol groups is 1. The predicted octanol–water partition coefficient (Wildman–Crippen LogP) is 6.17. The predicted molar refractivity (Wildman–Crippen MR) is 97.6 cm³/mol. The summed E-state index contributed by atoms with van der Waals surface area (Å²) in [6, 6.07) is 19.6. The summed E-state index contributed by atoms with van der Waals surface area (Å²) in [5, 5.41) is 5.24. The summed E-state index contributed by atoms with van der Waals surface area (Å²) in [5.74, 6) is 0. The monoisotopic (exact) mass is 320 g/mol. The number of hydrogen-bond donors (Lipinski definition) is 1. The molecule has 0 aliphatic heterocycles. The second kappa shape index (κ2) is 6.75. The van der Waals surface area contributed by atoms with Crippen LogP contribution in [-0.2, 0) is 0 Å². The summed E-state index contributed by atoms with van der Waals surface area (Å²) in [6.07, 6.45) is 1.07. The fourth-order valence-electron chi connectivity index (χ4n) is 2.27. The molecule has 0 nitrogen and oxygen atoms in total. The van der Waals surface area contributed by atoms with Gasteiger partial charge in [-0.15, -0.1) is 24.2 Å². The molecule has 3 heteroatoms. The molecule has 0 saturated carbocycles. The van der Waals surface area contributed by atoms with Crippen LogP contribution in [0.15, 0.2) is 59.5 Å². The third kappa shape index (κ3) is 3.08. The number of benzene rings is 3. The lowest BCUT2D eigenvalue weighted by Crippen LogP contribution is -1.89. The van der Waals surface area contributed by atoms with Gasteiger partial charge < -0.3 is 0 Å². The Bertz CT molecular complexity index is 724. The largest absolute Gasteiger partial charge is 0.165 e. The minimum Gasteiger partial charge on any atom is -0.165 e. The third-order valence-electron chi connectivity index (χ3n) is 3.32. The standard InChI is InChI=1S/C17H16S2.ClH/c1-2-17(18)19-16-9-5-8-14-10-12-6-3-4-7-13(12)11-15(14)16;/h3-11,17-18H,2H2,1H3;1H. The van der Waals surface area contributed by atoms with Gasteiger partial charge in [0.15, 0.2) is 0 Å². The van der Waals surface area contributed by atoms with Gasteiger partial charge in [0.25, 0.3) is 0 Å². The first-order chi connectivity index (χ1) is 9.28. The minimum atomic E-state index is 0. The molecule has 3 rings (SSSR count). The van der Waals surface area contributed by atoms with E-state index < -0.39 is 0 Å². The van der Waals surface area contributed by atoms with E-state index in [0.29, 0.717) is 4.58 Å². The molecule has 0 spiro atoms. The van der Waals surface area contributed by atoms with E-state index in [2.05, 4.69) is 74.1 Å². The van der Waals surface area contributed by atoms with E-state index >= 15 is 0 Å². The van der Waals surface area contributed by atoms with E-state index in [1.54, 1.807) is 0 Å². The molecule has 0 N–H and O–H groups in total. The molecule has 0 bridgehead atoms. The van der Waals surface area contributed by atoms with Crippen LogP contribution in [-0.4, -0.2) is 4.58 Å². The van der Waals surface area contributed by atoms with Gasteiger partial charge in [-0.2, -0.15) is 12.6 Å². The van der Waals surface area contributed by atoms with Crippen molar-refractivity contribution in [3.05, 3.63) is 54.6 Å². The zero-order chi connectivity index (χ0) is 13.2. The van der Waals surface area contributed by atoms with Gasteiger partial charge in [0.2, 0.25) is 0 Å². The van der Waals surface area contributed by atoms with E-state index in [1.165, 1.54) is 26.4 Å². The second-order valence-corrected chi connectivity index (χ2v) is 6.87. The third-order valence-corrected chi connectivity index (χ3v) is 5.22. The Balaban J connectivity index is 0.00000147. The topological polar surface area (TPSA) is 0 Å². The van der Waals surface area contributed by atoms with Crippen molar-refractivity contribution in [2.75, 3.05) is 0 Å². The first kappa shape index (κ1) is 15.6. The van der Waals surface area contributed by atoms with Crippen molar-refractivity contribution in [2.24, 2.45) is 0 Å². The summed E-state index contributed by atoms with van der Waals surface area (Å²) in [7, 11) is 0. The molecule has 0 amide bonds. The Kier molecular flexibility index (Phi) is 5.25. The lowest BCUT2D eigenvalue weighted by molar-refractivity contribution is 1.06. The van der Waals surface area contributed by atoms with Gasteiger partial charge in [-0.05, 0) is 46.2 Å². The quantitative estimate of drug-likeness (QED) is 0.260. The van der Waals surface area contributed by atoms with Crippen LogP contribution >= 0.6 is 36.8 Å². The lowest BCUT2D eigenvalue weighted by Gasteiger charge is -2.11. The first-order valence-corrected chi connectivity index (χ1v) is 7.94. The summed E-state index contributed by atoms with van der Waals surface area (Å²) in [4.78, 5) is 1.32. The minimum absolute atomic E-state index is 0. The Labute approximate surface area is 135 Å². The van der Waals surface area contributed by atoms with E-state index in [9.17, 15) is 0 Å². The molecule has 0 saturated heterocycles. The highest BCUT2D eigenvalue weighted by Gasteiger charge is 2.07. The second-order valence-electron chi connectivity index (χ2n) is 4.66. The van der Waals surface area contributed by atoms with E-state index in [0.717, 1.165) is 6.42 Å². The number of halogens is 1. The van der Waals surface area contributed by atoms with Gasteiger partial charge in [-0.1, -0.05) is 43.3 Å². The number of hydrogen-bond acceptors (Lipinski definition) is 2. The molecule has 0 radical (unpaired) electrons. The van der Waals surface area contributed by atoms with Crippen LogP contribution < -0.4 is 0 Å². The normalized spacial score (nSPS) is 12.3. The van der Waals surface area contributed by atoms with Gasteiger partial charge in [-0.3, -0.25) is 0 Å². The molecule has 20 heavy (non-hydrogen) atoms. The van der Waals surface area contributed by atoms with Crippen LogP contribution in [0.5, 0.6) is 0 Å². The fraction of sp³-hybridized carbons (Fsp3) is 0.176. The van der Waals surface area contributed by atoms with Gasteiger partial charge >= 0.3 is 0 Å². The Morgan fingerprint density at radius 3 is 2.30 bits per heavy atom. The van der Waals surface area contributed by atoms with Gasteiger partial charge in [-0.25, -0.2) is 0 Å². The molecule has 0 fully saturated rings. The number of fused-ring (bicyclic) bond motifs is 2. The highest BCUT2D eigenvalue weighted by molar-refractivity contribution is 8.10. The van der Waals surface area contributed by atoms with Gasteiger partial charge in [0.05, 0.1) is 4.58 Å². The number of rotatable bonds is 3. The van der Waals surface area contributed by atoms with Crippen molar-refractivity contribution in [2.45, 2.75) is 22.8 Å². The van der Waals surface area contributed by atoms with Crippen molar-refractivity contribution >= 4 is 58.3 Å². The summed E-state index contributed by atoms with van der Waals surface area (Å²) < 4.78 is 0.358.